The van der Waals surface area contributed by atoms with Crippen LogP contribution >= 0.6 is 0 Å². The summed E-state index contributed by atoms with van der Waals surface area (Å²) in [6.45, 7) is 4.53. The second-order valence-electron chi connectivity index (χ2n) is 10.1. The van der Waals surface area contributed by atoms with Crippen molar-refractivity contribution in [2.24, 2.45) is 0 Å². The lowest BCUT2D eigenvalue weighted by Gasteiger charge is -2.16. The van der Waals surface area contributed by atoms with E-state index in [0.717, 1.165) is 36.6 Å². The second kappa shape index (κ2) is 10.2. The van der Waals surface area contributed by atoms with Gasteiger partial charge in [0.05, 0.1) is 12.6 Å². The van der Waals surface area contributed by atoms with Crippen LogP contribution in [0.5, 0.6) is 0 Å². The average molecular weight is 501 g/mol. The van der Waals surface area contributed by atoms with Crippen LogP contribution in [0.2, 0.25) is 0 Å². The maximum atomic E-state index is 12.0. The van der Waals surface area contributed by atoms with E-state index < -0.39 is 0 Å². The average Bonchev–Trinajstić information content (AvgIpc) is 3.23. The Labute approximate surface area is 215 Å². The molecule has 2 aromatic heterocycles. The van der Waals surface area contributed by atoms with Crippen LogP contribution in [0.25, 0.3) is 11.7 Å². The highest BCUT2D eigenvalue weighted by Crippen LogP contribution is 2.30. The number of carbonyl (C=O) groups excluding carboxylic acids is 2. The molecular weight excluding hydrogens is 468 g/mol. The number of amides is 2. The molecule has 4 N–H and O–H groups in total. The Morgan fingerprint density at radius 3 is 2.68 bits per heavy atom. The van der Waals surface area contributed by atoms with Crippen LogP contribution < -0.4 is 21.3 Å². The topological polar surface area (TPSA) is 116 Å². The van der Waals surface area contributed by atoms with E-state index in [4.69, 9.17) is 4.98 Å². The van der Waals surface area contributed by atoms with Gasteiger partial charge in [0.25, 0.3) is 5.91 Å². The highest BCUT2D eigenvalue weighted by atomic mass is 16.2. The third-order valence-corrected chi connectivity index (χ3v) is 6.95. The molecule has 2 aliphatic heterocycles. The number of imide groups is 1. The van der Waals surface area contributed by atoms with Crippen LogP contribution in [0.15, 0.2) is 42.2 Å². The molecule has 1 aliphatic carbocycles. The molecule has 6 rings (SSSR count). The molecule has 1 aromatic carbocycles. The lowest BCUT2D eigenvalue weighted by atomic mass is 10.1. The van der Waals surface area contributed by atoms with Gasteiger partial charge in [-0.15, -0.1) is 0 Å². The molecule has 3 fully saturated rings. The van der Waals surface area contributed by atoms with Gasteiger partial charge in [0.2, 0.25) is 5.91 Å². The number of hydrogen-bond acceptors (Lipinski definition) is 8. The largest absolute Gasteiger partial charge is 0.385 e. The van der Waals surface area contributed by atoms with Crippen molar-refractivity contribution in [1.82, 2.24) is 24.8 Å². The minimum atomic E-state index is -0.362. The third-order valence-electron chi connectivity index (χ3n) is 6.95. The molecular formula is C27H32N8O2. The number of benzene rings is 1. The highest BCUT2D eigenvalue weighted by molar-refractivity contribution is 6.15. The van der Waals surface area contributed by atoms with Crippen molar-refractivity contribution >= 4 is 46.4 Å². The maximum Gasteiger partial charge on any atom is 0.254 e. The number of fused-ring (bicyclic) bond motifs is 1. The van der Waals surface area contributed by atoms with E-state index in [-0.39, 0.29) is 18.2 Å². The van der Waals surface area contributed by atoms with E-state index in [2.05, 4.69) is 49.5 Å². The monoisotopic (exact) mass is 500 g/mol. The fourth-order valence-corrected chi connectivity index (χ4v) is 4.90. The number of likely N-dealkylation sites (tertiary alicyclic amines) is 1. The molecule has 0 unspecified atom stereocenters. The van der Waals surface area contributed by atoms with Gasteiger partial charge >= 0.3 is 0 Å². The number of nitrogens with one attached hydrogen (secondary N) is 4. The fourth-order valence-electron chi connectivity index (χ4n) is 4.90. The summed E-state index contributed by atoms with van der Waals surface area (Å²) in [5.74, 6) is 0.0189. The zero-order valence-corrected chi connectivity index (χ0v) is 20.8. The van der Waals surface area contributed by atoms with Crippen molar-refractivity contribution in [2.75, 3.05) is 42.1 Å². The minimum absolute atomic E-state index is 0.0721. The van der Waals surface area contributed by atoms with E-state index in [9.17, 15) is 9.59 Å². The first-order valence-corrected chi connectivity index (χ1v) is 13.1. The summed E-state index contributed by atoms with van der Waals surface area (Å²) in [5, 5.41) is 17.3. The standard InChI is InChI=1S/C27H32N8O2/c36-25-13-18(27(37)33-25)12-19-17-29-35-11-6-24(32-26(19)35)31-23-15-21(14-22(16-23)30-20-4-5-20)28-7-3-10-34-8-1-2-9-34/h6,11-12,14-17,20,28,30H,1-5,7-10,13H2,(H,31,32)(H,33,36,37)/b18-12-. The molecule has 3 aromatic rings. The van der Waals surface area contributed by atoms with Gasteiger partial charge in [-0.25, -0.2) is 9.50 Å². The summed E-state index contributed by atoms with van der Waals surface area (Å²) in [5.41, 5.74) is 4.80. The maximum absolute atomic E-state index is 12.0. The van der Waals surface area contributed by atoms with E-state index in [0.29, 0.717) is 28.6 Å². The Balaban J connectivity index is 1.19. The van der Waals surface area contributed by atoms with Crippen molar-refractivity contribution < 1.29 is 9.59 Å². The van der Waals surface area contributed by atoms with Crippen molar-refractivity contribution in [2.45, 2.75) is 44.6 Å². The van der Waals surface area contributed by atoms with Crippen molar-refractivity contribution in [3.8, 4) is 0 Å². The molecule has 37 heavy (non-hydrogen) atoms. The Morgan fingerprint density at radius 1 is 1.08 bits per heavy atom. The molecule has 10 heteroatoms. The van der Waals surface area contributed by atoms with Gasteiger partial charge in [-0.05, 0) is 82.1 Å². The van der Waals surface area contributed by atoms with Crippen LogP contribution in [-0.2, 0) is 9.59 Å². The van der Waals surface area contributed by atoms with E-state index in [1.54, 1.807) is 16.8 Å². The predicted molar refractivity (Wildman–Crippen MR) is 144 cm³/mol. The van der Waals surface area contributed by atoms with E-state index in [1.165, 1.54) is 38.8 Å². The molecule has 192 valence electrons. The zero-order valence-electron chi connectivity index (χ0n) is 20.8. The van der Waals surface area contributed by atoms with Gasteiger partial charge < -0.3 is 20.9 Å². The Hall–Kier alpha value is -3.92. The molecule has 0 atom stereocenters. The summed E-state index contributed by atoms with van der Waals surface area (Å²) in [6, 6.07) is 8.80. The molecule has 0 radical (unpaired) electrons. The number of hydrogen-bond donors (Lipinski definition) is 4. The smallest absolute Gasteiger partial charge is 0.254 e. The number of anilines is 4. The first-order chi connectivity index (χ1) is 18.1. The normalized spacial score (nSPS) is 19.1. The number of carbonyl (C=O) groups is 2. The Morgan fingerprint density at radius 2 is 1.89 bits per heavy atom. The molecule has 2 saturated heterocycles. The summed E-state index contributed by atoms with van der Waals surface area (Å²) in [4.78, 5) is 30.8. The molecule has 0 spiro atoms. The van der Waals surface area contributed by atoms with Gasteiger partial charge in [0.15, 0.2) is 5.65 Å². The first-order valence-electron chi connectivity index (χ1n) is 13.1. The van der Waals surface area contributed by atoms with Crippen molar-refractivity contribution in [1.29, 1.82) is 0 Å². The van der Waals surface area contributed by atoms with Gasteiger partial charge in [0.1, 0.15) is 5.82 Å². The molecule has 0 bridgehead atoms. The van der Waals surface area contributed by atoms with Gasteiger partial charge in [0, 0.05) is 47.0 Å². The molecule has 4 heterocycles. The van der Waals surface area contributed by atoms with Gasteiger partial charge in [-0.2, -0.15) is 5.10 Å². The number of rotatable bonds is 10. The van der Waals surface area contributed by atoms with E-state index in [1.807, 2.05) is 12.3 Å². The van der Waals surface area contributed by atoms with Gasteiger partial charge in [-0.1, -0.05) is 0 Å². The Kier molecular flexibility index (Phi) is 6.48. The predicted octanol–water partition coefficient (Wildman–Crippen LogP) is 3.37. The minimum Gasteiger partial charge on any atom is -0.385 e. The zero-order chi connectivity index (χ0) is 25.2. The lowest BCUT2D eigenvalue weighted by molar-refractivity contribution is -0.124. The lowest BCUT2D eigenvalue weighted by Crippen LogP contribution is -2.22. The number of aromatic nitrogens is 3. The van der Waals surface area contributed by atoms with Crippen LogP contribution in [0.3, 0.4) is 0 Å². The molecule has 2 amide bonds. The molecule has 10 nitrogen and oxygen atoms in total. The SMILES string of the molecule is O=C1C/C(=C/c2cnn3ccc(Nc4cc(NCCCN5CCCC5)cc(NC5CC5)c4)nc23)C(=O)N1. The molecule has 3 aliphatic rings. The van der Waals surface area contributed by atoms with Crippen LogP contribution in [0, 0.1) is 0 Å². The number of nitrogens with zero attached hydrogens (tertiary/aromatic N) is 4. The molecule has 1 saturated carbocycles. The van der Waals surface area contributed by atoms with E-state index >= 15 is 0 Å². The Bertz CT molecular complexity index is 1350. The quantitative estimate of drug-likeness (QED) is 0.190. The fraction of sp³-hybridized carbons (Fsp3) is 0.407. The van der Waals surface area contributed by atoms with Gasteiger partial charge in [-0.3, -0.25) is 14.9 Å². The third kappa shape index (κ3) is 5.75. The summed E-state index contributed by atoms with van der Waals surface area (Å²) in [7, 11) is 0. The highest BCUT2D eigenvalue weighted by Gasteiger charge is 2.24. The second-order valence-corrected chi connectivity index (χ2v) is 10.1. The van der Waals surface area contributed by atoms with Crippen LogP contribution in [-0.4, -0.2) is 63.5 Å². The summed E-state index contributed by atoms with van der Waals surface area (Å²) < 4.78 is 1.66. The summed E-state index contributed by atoms with van der Waals surface area (Å²) >= 11 is 0. The first kappa shape index (κ1) is 23.5. The van der Waals surface area contributed by atoms with Crippen molar-refractivity contribution in [3.05, 3.63) is 47.8 Å². The summed E-state index contributed by atoms with van der Waals surface area (Å²) in [6.07, 6.45) is 11.4. The van der Waals surface area contributed by atoms with Crippen molar-refractivity contribution in [3.63, 3.8) is 0 Å². The van der Waals surface area contributed by atoms with Crippen LogP contribution in [0.4, 0.5) is 22.9 Å². The van der Waals surface area contributed by atoms with Crippen LogP contribution in [0.1, 0.15) is 44.1 Å².